The molecule has 1 aromatic rings. The second-order valence-electron chi connectivity index (χ2n) is 5.78. The van der Waals surface area contributed by atoms with Crippen LogP contribution in [0.4, 0.5) is 11.5 Å². The molecule has 98 valence electrons. The number of nitro groups is 1. The summed E-state index contributed by atoms with van der Waals surface area (Å²) in [6.45, 7) is 8.19. The molecule has 0 amide bonds. The Morgan fingerprint density at radius 3 is 2.78 bits per heavy atom. The van der Waals surface area contributed by atoms with Crippen LogP contribution in [0.1, 0.15) is 32.3 Å². The highest BCUT2D eigenvalue weighted by atomic mass is 16.6. The topological polar surface area (TPSA) is 59.3 Å². The minimum absolute atomic E-state index is 0.0926. The predicted octanol–water partition coefficient (Wildman–Crippen LogP) is 2.92. The number of piperidine rings is 1. The standard InChI is InChI=1S/C13H19N3O2/c1-10-7-12(14-8-11(10)16(17)18)15-6-4-5-13(2,3)9-15/h7-8H,4-6,9H2,1-3H3. The number of pyridine rings is 1. The van der Waals surface area contributed by atoms with Gasteiger partial charge in [-0.25, -0.2) is 4.98 Å². The van der Waals surface area contributed by atoms with Gasteiger partial charge in [0.15, 0.2) is 0 Å². The zero-order chi connectivity index (χ0) is 13.3. The maximum Gasteiger partial charge on any atom is 0.290 e. The smallest absolute Gasteiger partial charge is 0.290 e. The first-order valence-corrected chi connectivity index (χ1v) is 6.25. The van der Waals surface area contributed by atoms with E-state index in [1.54, 1.807) is 6.92 Å². The van der Waals surface area contributed by atoms with Crippen LogP contribution in [0.25, 0.3) is 0 Å². The molecule has 1 aliphatic rings. The largest absolute Gasteiger partial charge is 0.356 e. The second kappa shape index (κ2) is 4.55. The van der Waals surface area contributed by atoms with Crippen LogP contribution in [0, 0.1) is 22.5 Å². The summed E-state index contributed by atoms with van der Waals surface area (Å²) in [7, 11) is 0. The van der Waals surface area contributed by atoms with E-state index in [4.69, 9.17) is 0 Å². The van der Waals surface area contributed by atoms with Crippen molar-refractivity contribution in [2.75, 3.05) is 18.0 Å². The number of rotatable bonds is 2. The molecule has 0 saturated carbocycles. The van der Waals surface area contributed by atoms with Crippen molar-refractivity contribution >= 4 is 11.5 Å². The molecule has 0 atom stereocenters. The summed E-state index contributed by atoms with van der Waals surface area (Å²) in [6.07, 6.45) is 3.73. The van der Waals surface area contributed by atoms with E-state index in [0.29, 0.717) is 5.56 Å². The normalized spacial score (nSPS) is 18.7. The lowest BCUT2D eigenvalue weighted by Crippen LogP contribution is -2.40. The molecule has 5 nitrogen and oxygen atoms in total. The summed E-state index contributed by atoms with van der Waals surface area (Å²) in [5, 5.41) is 10.8. The van der Waals surface area contributed by atoms with E-state index in [2.05, 4.69) is 23.7 Å². The Labute approximate surface area is 107 Å². The first kappa shape index (κ1) is 12.8. The molecule has 1 aromatic heterocycles. The van der Waals surface area contributed by atoms with Gasteiger partial charge in [-0.3, -0.25) is 10.1 Å². The van der Waals surface area contributed by atoms with Crippen molar-refractivity contribution in [3.8, 4) is 0 Å². The van der Waals surface area contributed by atoms with E-state index in [-0.39, 0.29) is 16.0 Å². The molecule has 0 spiro atoms. The van der Waals surface area contributed by atoms with Crippen LogP contribution in [-0.2, 0) is 0 Å². The van der Waals surface area contributed by atoms with Crippen LogP contribution in [0.2, 0.25) is 0 Å². The number of hydrogen-bond donors (Lipinski definition) is 0. The van der Waals surface area contributed by atoms with Crippen molar-refractivity contribution in [1.29, 1.82) is 0 Å². The van der Waals surface area contributed by atoms with Gasteiger partial charge in [0, 0.05) is 18.7 Å². The zero-order valence-electron chi connectivity index (χ0n) is 11.1. The highest BCUT2D eigenvalue weighted by Gasteiger charge is 2.27. The Morgan fingerprint density at radius 1 is 1.50 bits per heavy atom. The summed E-state index contributed by atoms with van der Waals surface area (Å²) >= 11 is 0. The van der Waals surface area contributed by atoms with Gasteiger partial charge in [0.05, 0.1) is 4.92 Å². The minimum Gasteiger partial charge on any atom is -0.356 e. The molecular weight excluding hydrogens is 230 g/mol. The van der Waals surface area contributed by atoms with Crippen molar-refractivity contribution in [3.63, 3.8) is 0 Å². The van der Waals surface area contributed by atoms with Crippen LogP contribution in [0.3, 0.4) is 0 Å². The maximum absolute atomic E-state index is 10.8. The average Bonchev–Trinajstić information content (AvgIpc) is 2.27. The van der Waals surface area contributed by atoms with Gasteiger partial charge in [-0.05, 0) is 31.2 Å². The van der Waals surface area contributed by atoms with Gasteiger partial charge >= 0.3 is 0 Å². The van der Waals surface area contributed by atoms with Gasteiger partial charge < -0.3 is 4.90 Å². The Kier molecular flexibility index (Phi) is 3.24. The summed E-state index contributed by atoms with van der Waals surface area (Å²) < 4.78 is 0. The molecule has 1 fully saturated rings. The number of aryl methyl sites for hydroxylation is 1. The molecule has 0 radical (unpaired) electrons. The quantitative estimate of drug-likeness (QED) is 0.597. The van der Waals surface area contributed by atoms with Gasteiger partial charge in [0.1, 0.15) is 12.0 Å². The molecular formula is C13H19N3O2. The lowest BCUT2D eigenvalue weighted by Gasteiger charge is -2.38. The van der Waals surface area contributed by atoms with Gasteiger partial charge in [-0.2, -0.15) is 0 Å². The summed E-state index contributed by atoms with van der Waals surface area (Å²) in [6, 6.07) is 1.82. The monoisotopic (exact) mass is 249 g/mol. The Hall–Kier alpha value is -1.65. The van der Waals surface area contributed by atoms with E-state index in [9.17, 15) is 10.1 Å². The number of aromatic nitrogens is 1. The molecule has 0 bridgehead atoms. The average molecular weight is 249 g/mol. The fourth-order valence-electron chi connectivity index (χ4n) is 2.52. The summed E-state index contributed by atoms with van der Waals surface area (Å²) in [5.74, 6) is 0.853. The van der Waals surface area contributed by atoms with Gasteiger partial charge in [-0.1, -0.05) is 13.8 Å². The highest BCUT2D eigenvalue weighted by Crippen LogP contribution is 2.31. The SMILES string of the molecule is Cc1cc(N2CCCC(C)(C)C2)ncc1[N+](=O)[O-]. The molecule has 0 aromatic carbocycles. The number of anilines is 1. The third-order valence-corrected chi connectivity index (χ3v) is 3.49. The van der Waals surface area contributed by atoms with Crippen molar-refractivity contribution in [1.82, 2.24) is 4.98 Å². The molecule has 18 heavy (non-hydrogen) atoms. The van der Waals surface area contributed by atoms with E-state index >= 15 is 0 Å². The lowest BCUT2D eigenvalue weighted by atomic mass is 9.84. The molecule has 0 unspecified atom stereocenters. The molecule has 5 heteroatoms. The van der Waals surface area contributed by atoms with Crippen LogP contribution in [0.15, 0.2) is 12.3 Å². The molecule has 1 aliphatic heterocycles. The van der Waals surface area contributed by atoms with E-state index in [1.165, 1.54) is 12.6 Å². The van der Waals surface area contributed by atoms with Gasteiger partial charge in [-0.15, -0.1) is 0 Å². The maximum atomic E-state index is 10.8. The van der Waals surface area contributed by atoms with E-state index in [0.717, 1.165) is 25.3 Å². The van der Waals surface area contributed by atoms with Crippen LogP contribution >= 0.6 is 0 Å². The van der Waals surface area contributed by atoms with Crippen LogP contribution in [-0.4, -0.2) is 23.0 Å². The van der Waals surface area contributed by atoms with Crippen molar-refractivity contribution in [2.24, 2.45) is 5.41 Å². The van der Waals surface area contributed by atoms with Crippen molar-refractivity contribution < 1.29 is 4.92 Å². The van der Waals surface area contributed by atoms with Crippen molar-refractivity contribution in [3.05, 3.63) is 27.9 Å². The Bertz CT molecular complexity index is 471. The Morgan fingerprint density at radius 2 is 2.22 bits per heavy atom. The fourth-order valence-corrected chi connectivity index (χ4v) is 2.52. The number of nitrogens with zero attached hydrogens (tertiary/aromatic N) is 3. The lowest BCUT2D eigenvalue weighted by molar-refractivity contribution is -0.385. The van der Waals surface area contributed by atoms with E-state index in [1.807, 2.05) is 6.07 Å². The van der Waals surface area contributed by atoms with Crippen LogP contribution in [0.5, 0.6) is 0 Å². The Balaban J connectivity index is 2.24. The fraction of sp³-hybridized carbons (Fsp3) is 0.615. The first-order chi connectivity index (χ1) is 8.39. The summed E-state index contributed by atoms with van der Waals surface area (Å²) in [5.41, 5.74) is 1.05. The third kappa shape index (κ3) is 2.60. The first-order valence-electron chi connectivity index (χ1n) is 6.25. The molecule has 0 N–H and O–H groups in total. The molecule has 1 saturated heterocycles. The van der Waals surface area contributed by atoms with Crippen LogP contribution < -0.4 is 4.90 Å². The second-order valence-corrected chi connectivity index (χ2v) is 5.78. The van der Waals surface area contributed by atoms with E-state index < -0.39 is 0 Å². The predicted molar refractivity (Wildman–Crippen MR) is 70.9 cm³/mol. The minimum atomic E-state index is -0.383. The van der Waals surface area contributed by atoms with Gasteiger partial charge in [0.25, 0.3) is 5.69 Å². The van der Waals surface area contributed by atoms with Crippen molar-refractivity contribution in [2.45, 2.75) is 33.6 Å². The third-order valence-electron chi connectivity index (χ3n) is 3.49. The highest BCUT2D eigenvalue weighted by molar-refractivity contribution is 5.49. The zero-order valence-corrected chi connectivity index (χ0v) is 11.1. The van der Waals surface area contributed by atoms with Gasteiger partial charge in [0.2, 0.25) is 0 Å². The number of hydrogen-bond acceptors (Lipinski definition) is 4. The summed E-state index contributed by atoms with van der Waals surface area (Å²) in [4.78, 5) is 16.8. The molecule has 2 rings (SSSR count). The molecule has 2 heterocycles. The molecule has 0 aliphatic carbocycles.